The summed E-state index contributed by atoms with van der Waals surface area (Å²) in [5.74, 6) is -0.358. The molecule has 164 valence electrons. The molecule has 6 N–H and O–H groups in total. The highest BCUT2D eigenvalue weighted by atomic mass is 127. The lowest BCUT2D eigenvalue weighted by Crippen LogP contribution is -2.44. The molecule has 1 aromatic carbocycles. The van der Waals surface area contributed by atoms with Gasteiger partial charge in [0.1, 0.15) is 5.60 Å². The number of aliphatic hydroxyl groups is 1. The molecule has 0 aliphatic carbocycles. The largest absolute Gasteiger partial charge is 0.383 e. The molecule has 0 fully saturated rings. The Morgan fingerprint density at radius 2 is 1.87 bits per heavy atom. The summed E-state index contributed by atoms with van der Waals surface area (Å²) < 4.78 is 0. The lowest BCUT2D eigenvalue weighted by Gasteiger charge is -2.23. The normalized spacial score (nSPS) is 13.0. The number of hydrogen-bond donors (Lipinski definition) is 5. The fourth-order valence-electron chi connectivity index (χ4n) is 2.47. The summed E-state index contributed by atoms with van der Waals surface area (Å²) in [7, 11) is 0. The zero-order valence-electron chi connectivity index (χ0n) is 17.0. The minimum atomic E-state index is -0.996. The number of halogens is 1. The second-order valence-corrected chi connectivity index (χ2v) is 7.59. The molecular weight excluding hydrogens is 517 g/mol. The highest BCUT2D eigenvalue weighted by Crippen LogP contribution is 2.24. The van der Waals surface area contributed by atoms with Crippen molar-refractivity contribution < 1.29 is 14.7 Å². The summed E-state index contributed by atoms with van der Waals surface area (Å²) >= 11 is 1.51. The van der Waals surface area contributed by atoms with Crippen LogP contribution in [-0.4, -0.2) is 42.5 Å². The van der Waals surface area contributed by atoms with Gasteiger partial charge in [0.2, 0.25) is 5.91 Å². The van der Waals surface area contributed by atoms with Crippen molar-refractivity contribution in [1.29, 1.82) is 0 Å². The number of aliphatic imine (C=N–C) groups is 1. The first-order valence-corrected chi connectivity index (χ1v) is 10.1. The molecular formula is C20H28IN5O3S. The molecule has 1 unspecified atom stereocenters. The number of guanidine groups is 1. The first kappa shape index (κ1) is 25.9. The number of rotatable bonds is 9. The number of amides is 2. The Morgan fingerprint density at radius 3 is 2.43 bits per heavy atom. The van der Waals surface area contributed by atoms with E-state index in [0.29, 0.717) is 31.2 Å². The van der Waals surface area contributed by atoms with E-state index in [9.17, 15) is 14.7 Å². The molecule has 1 aromatic heterocycles. The summed E-state index contributed by atoms with van der Waals surface area (Å²) in [4.78, 5) is 28.0. The topological polar surface area (TPSA) is 129 Å². The molecule has 1 heterocycles. The van der Waals surface area contributed by atoms with Crippen LogP contribution >= 0.6 is 35.3 Å². The Labute approximate surface area is 197 Å². The fraction of sp³-hybridized carbons (Fsp3) is 0.350. The molecule has 0 radical (unpaired) electrons. The summed E-state index contributed by atoms with van der Waals surface area (Å²) in [6.45, 7) is 4.94. The van der Waals surface area contributed by atoms with Gasteiger partial charge in [-0.15, -0.1) is 35.3 Å². The van der Waals surface area contributed by atoms with Crippen molar-refractivity contribution in [2.75, 3.05) is 19.6 Å². The Hall–Kier alpha value is -2.18. The molecule has 2 aromatic rings. The maximum Gasteiger partial charge on any atom is 0.251 e. The molecule has 0 saturated carbocycles. The number of nitrogens with zero attached hydrogens (tertiary/aromatic N) is 1. The van der Waals surface area contributed by atoms with Crippen LogP contribution in [0.15, 0.2) is 46.8 Å². The number of carbonyl (C=O) groups excluding carboxylic acids is 2. The van der Waals surface area contributed by atoms with Gasteiger partial charge >= 0.3 is 0 Å². The Bertz CT molecular complexity index is 839. The molecule has 0 bridgehead atoms. The van der Waals surface area contributed by atoms with Gasteiger partial charge in [0, 0.05) is 17.0 Å². The van der Waals surface area contributed by atoms with Gasteiger partial charge in [0.05, 0.1) is 19.6 Å². The van der Waals surface area contributed by atoms with Gasteiger partial charge in [-0.3, -0.25) is 9.59 Å². The van der Waals surface area contributed by atoms with Crippen molar-refractivity contribution in [1.82, 2.24) is 16.0 Å². The zero-order chi connectivity index (χ0) is 21.3. The van der Waals surface area contributed by atoms with Crippen LogP contribution in [0.4, 0.5) is 0 Å². The summed E-state index contributed by atoms with van der Waals surface area (Å²) in [5.41, 5.74) is 5.38. The van der Waals surface area contributed by atoms with Crippen LogP contribution in [0.1, 0.15) is 34.6 Å². The quantitative estimate of drug-likeness (QED) is 0.186. The third kappa shape index (κ3) is 8.28. The lowest BCUT2D eigenvalue weighted by molar-refractivity contribution is -0.117. The number of benzene rings is 1. The van der Waals surface area contributed by atoms with Gasteiger partial charge in [0.25, 0.3) is 5.91 Å². The third-order valence-electron chi connectivity index (χ3n) is 4.06. The van der Waals surface area contributed by atoms with E-state index in [4.69, 9.17) is 5.73 Å². The number of thiophene rings is 1. The second kappa shape index (κ2) is 12.5. The standard InChI is InChI=1S/C20H27N5O3S.HI/c1-3-22-19(25-13-20(2,28)16-5-4-10-29-16)24-11-14-6-8-15(9-7-14)18(27)23-12-17(21)26;/h4-10,28H,3,11-13H2,1-2H3,(H2,21,26)(H,23,27)(H2,22,24,25);1H. The number of hydrogen-bond acceptors (Lipinski definition) is 5. The Morgan fingerprint density at radius 1 is 1.17 bits per heavy atom. The van der Waals surface area contributed by atoms with Crippen LogP contribution in [0.5, 0.6) is 0 Å². The van der Waals surface area contributed by atoms with Gasteiger partial charge in [-0.25, -0.2) is 4.99 Å². The fourth-order valence-corrected chi connectivity index (χ4v) is 3.26. The number of primary amides is 1. The van der Waals surface area contributed by atoms with Crippen LogP contribution < -0.4 is 21.7 Å². The van der Waals surface area contributed by atoms with Crippen molar-refractivity contribution >= 4 is 53.1 Å². The maximum absolute atomic E-state index is 11.9. The van der Waals surface area contributed by atoms with Gasteiger partial charge in [0.15, 0.2) is 5.96 Å². The summed E-state index contributed by atoms with van der Waals surface area (Å²) in [6.07, 6.45) is 0. The van der Waals surface area contributed by atoms with E-state index in [1.807, 2.05) is 24.4 Å². The van der Waals surface area contributed by atoms with Gasteiger partial charge in [-0.1, -0.05) is 18.2 Å². The Kier molecular flexibility index (Phi) is 10.8. The first-order valence-electron chi connectivity index (χ1n) is 9.26. The van der Waals surface area contributed by atoms with Crippen molar-refractivity contribution in [3.8, 4) is 0 Å². The molecule has 0 aliphatic heterocycles. The van der Waals surface area contributed by atoms with E-state index in [1.54, 1.807) is 31.2 Å². The zero-order valence-corrected chi connectivity index (χ0v) is 20.1. The third-order valence-corrected chi connectivity index (χ3v) is 5.18. The molecule has 0 spiro atoms. The van der Waals surface area contributed by atoms with Crippen LogP contribution in [0.25, 0.3) is 0 Å². The van der Waals surface area contributed by atoms with Crippen LogP contribution in [-0.2, 0) is 16.9 Å². The molecule has 2 amide bonds. The van der Waals surface area contributed by atoms with Gasteiger partial charge in [-0.2, -0.15) is 0 Å². The maximum atomic E-state index is 11.9. The van der Waals surface area contributed by atoms with E-state index in [0.717, 1.165) is 10.4 Å². The number of nitrogens with two attached hydrogens (primary N) is 1. The number of nitrogens with one attached hydrogen (secondary N) is 3. The van der Waals surface area contributed by atoms with E-state index >= 15 is 0 Å². The lowest BCUT2D eigenvalue weighted by atomic mass is 10.1. The van der Waals surface area contributed by atoms with Crippen LogP contribution in [0.2, 0.25) is 0 Å². The second-order valence-electron chi connectivity index (χ2n) is 6.65. The molecule has 0 aliphatic rings. The van der Waals surface area contributed by atoms with Crippen molar-refractivity contribution in [3.63, 3.8) is 0 Å². The summed E-state index contributed by atoms with van der Waals surface area (Å²) in [5, 5.41) is 21.3. The monoisotopic (exact) mass is 545 g/mol. The van der Waals surface area contributed by atoms with Gasteiger partial charge < -0.3 is 26.8 Å². The van der Waals surface area contributed by atoms with Gasteiger partial charge in [-0.05, 0) is 43.0 Å². The van der Waals surface area contributed by atoms with E-state index in [1.165, 1.54) is 11.3 Å². The number of carbonyl (C=O) groups is 2. The molecule has 1 atom stereocenters. The van der Waals surface area contributed by atoms with E-state index in [-0.39, 0.29) is 36.4 Å². The smallest absolute Gasteiger partial charge is 0.251 e. The molecule has 30 heavy (non-hydrogen) atoms. The first-order chi connectivity index (χ1) is 13.8. The average Bonchev–Trinajstić information content (AvgIpc) is 3.24. The highest BCUT2D eigenvalue weighted by molar-refractivity contribution is 14.0. The highest BCUT2D eigenvalue weighted by Gasteiger charge is 2.24. The van der Waals surface area contributed by atoms with Crippen molar-refractivity contribution in [2.24, 2.45) is 10.7 Å². The summed E-state index contributed by atoms with van der Waals surface area (Å²) in [6, 6.07) is 10.7. The molecule has 10 heteroatoms. The minimum absolute atomic E-state index is 0. The SMILES string of the molecule is CCNC(=NCc1ccc(C(=O)NCC(N)=O)cc1)NCC(C)(O)c1cccs1.I. The van der Waals surface area contributed by atoms with E-state index < -0.39 is 11.5 Å². The van der Waals surface area contributed by atoms with Crippen LogP contribution in [0.3, 0.4) is 0 Å². The van der Waals surface area contributed by atoms with Crippen molar-refractivity contribution in [3.05, 3.63) is 57.8 Å². The Balaban J connectivity index is 0.00000450. The minimum Gasteiger partial charge on any atom is -0.383 e. The van der Waals surface area contributed by atoms with Crippen molar-refractivity contribution in [2.45, 2.75) is 26.0 Å². The molecule has 2 rings (SSSR count). The predicted octanol–water partition coefficient (Wildman–Crippen LogP) is 1.54. The van der Waals surface area contributed by atoms with E-state index in [2.05, 4.69) is 20.9 Å². The van der Waals surface area contributed by atoms with Crippen LogP contribution in [0, 0.1) is 0 Å². The average molecular weight is 545 g/mol. The predicted molar refractivity (Wildman–Crippen MR) is 130 cm³/mol. The molecule has 8 nitrogen and oxygen atoms in total. The molecule has 0 saturated heterocycles.